The predicted molar refractivity (Wildman–Crippen MR) is 106 cm³/mol. The van der Waals surface area contributed by atoms with E-state index in [2.05, 4.69) is 29.2 Å². The Kier molecular flexibility index (Phi) is 5.63. The van der Waals surface area contributed by atoms with Gasteiger partial charge in [0.15, 0.2) is 11.4 Å². The second-order valence-electron chi connectivity index (χ2n) is 6.87. The van der Waals surface area contributed by atoms with Crippen molar-refractivity contribution in [2.24, 2.45) is 0 Å². The summed E-state index contributed by atoms with van der Waals surface area (Å²) in [7, 11) is 1.55. The van der Waals surface area contributed by atoms with Crippen LogP contribution in [0.4, 0.5) is 0 Å². The normalized spacial score (nSPS) is 12.0. The summed E-state index contributed by atoms with van der Waals surface area (Å²) >= 11 is 0. The van der Waals surface area contributed by atoms with Crippen LogP contribution in [0.3, 0.4) is 0 Å². The average molecular weight is 380 g/mol. The number of methoxy groups -OCH3 is 1. The van der Waals surface area contributed by atoms with Crippen molar-refractivity contribution in [3.63, 3.8) is 0 Å². The molecule has 28 heavy (non-hydrogen) atoms. The Labute approximate surface area is 164 Å². The second kappa shape index (κ2) is 8.12. The lowest BCUT2D eigenvalue weighted by molar-refractivity contribution is 0.0931. The van der Waals surface area contributed by atoms with Crippen molar-refractivity contribution in [1.29, 1.82) is 0 Å². The maximum Gasteiger partial charge on any atom is 0.276 e. The smallest absolute Gasteiger partial charge is 0.276 e. The van der Waals surface area contributed by atoms with E-state index >= 15 is 0 Å². The van der Waals surface area contributed by atoms with E-state index in [1.54, 1.807) is 25.6 Å². The molecule has 0 saturated heterocycles. The van der Waals surface area contributed by atoms with Gasteiger partial charge in [0.2, 0.25) is 0 Å². The molecule has 3 aromatic rings. The van der Waals surface area contributed by atoms with Gasteiger partial charge in [0, 0.05) is 11.8 Å². The molecule has 0 spiro atoms. The highest BCUT2D eigenvalue weighted by molar-refractivity contribution is 5.95. The van der Waals surface area contributed by atoms with E-state index in [0.717, 1.165) is 16.8 Å². The molecule has 1 atom stereocenters. The van der Waals surface area contributed by atoms with E-state index in [1.165, 1.54) is 10.9 Å². The lowest BCUT2D eigenvalue weighted by Crippen LogP contribution is -2.27. The number of benzene rings is 1. The van der Waals surface area contributed by atoms with Gasteiger partial charge in [-0.15, -0.1) is 0 Å². The molecule has 1 amide bonds. The Morgan fingerprint density at radius 3 is 2.75 bits per heavy atom. The molecule has 0 aliphatic carbocycles. The quantitative estimate of drug-likeness (QED) is 0.682. The zero-order chi connectivity index (χ0) is 20.3. The highest BCUT2D eigenvalue weighted by atomic mass is 16.5. The van der Waals surface area contributed by atoms with E-state index in [-0.39, 0.29) is 17.5 Å². The molecule has 7 nitrogen and oxygen atoms in total. The Bertz CT molecular complexity index is 981. The number of nitrogens with zero attached hydrogens (tertiary/aromatic N) is 3. The zero-order valence-electron chi connectivity index (χ0n) is 16.4. The largest absolute Gasteiger partial charge is 0.504 e. The standard InChI is InChI=1S/C21H24N4O3/c1-13(2)15-6-5-7-16(10-15)25-12-18(26)20(24-25)21(27)23-14(3)17-8-9-22-11-19(17)28-4/h5-14,26H,1-4H3,(H,23,27)/t14-/m1/s1. The number of pyridine rings is 1. The third kappa shape index (κ3) is 3.98. The van der Waals surface area contributed by atoms with Gasteiger partial charge in [0.05, 0.1) is 31.2 Å². The van der Waals surface area contributed by atoms with E-state index < -0.39 is 5.91 Å². The fourth-order valence-electron chi connectivity index (χ4n) is 2.95. The summed E-state index contributed by atoms with van der Waals surface area (Å²) in [6, 6.07) is 9.27. The number of nitrogens with one attached hydrogen (secondary N) is 1. The maximum atomic E-state index is 12.7. The number of rotatable bonds is 6. The molecule has 0 aliphatic heterocycles. The van der Waals surface area contributed by atoms with Crippen molar-refractivity contribution in [2.75, 3.05) is 7.11 Å². The van der Waals surface area contributed by atoms with Gasteiger partial charge in [-0.25, -0.2) is 4.68 Å². The van der Waals surface area contributed by atoms with E-state index in [0.29, 0.717) is 11.7 Å². The molecule has 2 N–H and O–H groups in total. The molecular weight excluding hydrogens is 356 g/mol. The lowest BCUT2D eigenvalue weighted by Gasteiger charge is -2.16. The first-order valence-corrected chi connectivity index (χ1v) is 9.08. The van der Waals surface area contributed by atoms with Gasteiger partial charge in [0.25, 0.3) is 5.91 Å². The van der Waals surface area contributed by atoms with Crippen LogP contribution in [0.2, 0.25) is 0 Å². The molecule has 2 heterocycles. The number of ether oxygens (including phenoxy) is 1. The Hall–Kier alpha value is -3.35. The minimum Gasteiger partial charge on any atom is -0.504 e. The number of aromatic nitrogens is 3. The molecule has 0 saturated carbocycles. The van der Waals surface area contributed by atoms with Crippen molar-refractivity contribution in [1.82, 2.24) is 20.1 Å². The van der Waals surface area contributed by atoms with Gasteiger partial charge in [-0.05, 0) is 36.6 Å². The van der Waals surface area contributed by atoms with Crippen LogP contribution in [0.5, 0.6) is 11.5 Å². The number of carbonyl (C=O) groups excluding carboxylic acids is 1. The first-order valence-electron chi connectivity index (χ1n) is 9.08. The number of hydrogen-bond acceptors (Lipinski definition) is 5. The first kappa shape index (κ1) is 19.4. The van der Waals surface area contributed by atoms with Crippen molar-refractivity contribution in [3.05, 3.63) is 65.7 Å². The molecule has 146 valence electrons. The molecule has 0 radical (unpaired) electrons. The first-order chi connectivity index (χ1) is 13.4. The van der Waals surface area contributed by atoms with Crippen molar-refractivity contribution in [2.45, 2.75) is 32.7 Å². The van der Waals surface area contributed by atoms with Crippen molar-refractivity contribution >= 4 is 5.91 Å². The molecule has 1 aromatic carbocycles. The van der Waals surface area contributed by atoms with E-state index in [1.807, 2.05) is 31.2 Å². The Balaban J connectivity index is 1.83. The van der Waals surface area contributed by atoms with Crippen molar-refractivity contribution in [3.8, 4) is 17.2 Å². The Morgan fingerprint density at radius 2 is 2.04 bits per heavy atom. The van der Waals surface area contributed by atoms with Gasteiger partial charge in [-0.1, -0.05) is 26.0 Å². The SMILES string of the molecule is COc1cnccc1[C@@H](C)NC(=O)c1nn(-c2cccc(C(C)C)c2)cc1O. The van der Waals surface area contributed by atoms with Crippen LogP contribution in [0.15, 0.2) is 48.9 Å². The number of carbonyl (C=O) groups is 1. The van der Waals surface area contributed by atoms with Crippen molar-refractivity contribution < 1.29 is 14.6 Å². The third-order valence-electron chi connectivity index (χ3n) is 4.56. The minimum atomic E-state index is -0.470. The topological polar surface area (TPSA) is 89.3 Å². The molecule has 0 unspecified atom stereocenters. The predicted octanol–water partition coefficient (Wildman–Crippen LogP) is 3.60. The van der Waals surface area contributed by atoms with Crippen LogP contribution in [0.25, 0.3) is 5.69 Å². The molecule has 0 aliphatic rings. The van der Waals surface area contributed by atoms with E-state index in [4.69, 9.17) is 4.74 Å². The van der Waals surface area contributed by atoms with Gasteiger partial charge in [-0.3, -0.25) is 9.78 Å². The van der Waals surface area contributed by atoms with Crippen LogP contribution in [0, 0.1) is 0 Å². The third-order valence-corrected chi connectivity index (χ3v) is 4.56. The van der Waals surface area contributed by atoms with Gasteiger partial charge in [0.1, 0.15) is 5.75 Å². The van der Waals surface area contributed by atoms with Crippen LogP contribution in [-0.4, -0.2) is 32.9 Å². The van der Waals surface area contributed by atoms with Crippen LogP contribution in [-0.2, 0) is 0 Å². The summed E-state index contributed by atoms with van der Waals surface area (Å²) in [5, 5.41) is 17.4. The van der Waals surface area contributed by atoms with Crippen LogP contribution >= 0.6 is 0 Å². The molecule has 0 fully saturated rings. The Morgan fingerprint density at radius 1 is 1.25 bits per heavy atom. The average Bonchev–Trinajstić information content (AvgIpc) is 3.09. The van der Waals surface area contributed by atoms with Crippen LogP contribution in [0.1, 0.15) is 54.3 Å². The summed E-state index contributed by atoms with van der Waals surface area (Å²) < 4.78 is 6.79. The lowest BCUT2D eigenvalue weighted by atomic mass is 10.0. The summed E-state index contributed by atoms with van der Waals surface area (Å²) in [5.41, 5.74) is 2.69. The number of amides is 1. The summed E-state index contributed by atoms with van der Waals surface area (Å²) in [6.07, 6.45) is 4.66. The fourth-order valence-corrected chi connectivity index (χ4v) is 2.95. The van der Waals surface area contributed by atoms with Gasteiger partial charge in [-0.2, -0.15) is 5.10 Å². The molecule has 3 rings (SSSR count). The van der Waals surface area contributed by atoms with Gasteiger partial charge < -0.3 is 15.2 Å². The number of aromatic hydroxyl groups is 1. The summed E-state index contributed by atoms with van der Waals surface area (Å²) in [6.45, 7) is 6.04. The van der Waals surface area contributed by atoms with E-state index in [9.17, 15) is 9.90 Å². The maximum absolute atomic E-state index is 12.7. The molecule has 2 aromatic heterocycles. The fraction of sp³-hybridized carbons (Fsp3) is 0.286. The molecular formula is C21H24N4O3. The van der Waals surface area contributed by atoms with Gasteiger partial charge >= 0.3 is 0 Å². The molecule has 7 heteroatoms. The summed E-state index contributed by atoms with van der Waals surface area (Å²) in [5.74, 6) is 0.294. The monoisotopic (exact) mass is 380 g/mol. The second-order valence-corrected chi connectivity index (χ2v) is 6.87. The number of hydrogen-bond donors (Lipinski definition) is 2. The van der Waals surface area contributed by atoms with Crippen LogP contribution < -0.4 is 10.1 Å². The zero-order valence-corrected chi connectivity index (χ0v) is 16.4. The highest BCUT2D eigenvalue weighted by Gasteiger charge is 2.21. The highest BCUT2D eigenvalue weighted by Crippen LogP contribution is 2.25. The minimum absolute atomic E-state index is 0.0326. The molecule has 0 bridgehead atoms. The summed E-state index contributed by atoms with van der Waals surface area (Å²) in [4.78, 5) is 16.7.